The van der Waals surface area contributed by atoms with E-state index >= 15 is 0 Å². The maximum Gasteiger partial charge on any atom is 0.194 e. The van der Waals surface area contributed by atoms with E-state index in [9.17, 15) is 9.90 Å². The molecule has 1 aliphatic carbocycles. The third-order valence-electron chi connectivity index (χ3n) is 4.56. The molecule has 0 aromatic heterocycles. The maximum absolute atomic E-state index is 13.0. The van der Waals surface area contributed by atoms with Crippen molar-refractivity contribution in [1.29, 1.82) is 0 Å². The smallest absolute Gasteiger partial charge is 0.194 e. The Morgan fingerprint density at radius 1 is 0.870 bits per heavy atom. The standard InChI is InChI=1S/C20H18O2Si/c1-23(2,3)20-14-9-8-13(21)10-12(14)11-17-15-6-4-5-7-16(15)19(22)18(17)20/h4-11,21H,1-3H3. The first kappa shape index (κ1) is 14.2. The first-order chi connectivity index (χ1) is 10.9. The van der Waals surface area contributed by atoms with Crippen LogP contribution in [0, 0.1) is 0 Å². The van der Waals surface area contributed by atoms with Gasteiger partial charge in [-0.3, -0.25) is 4.79 Å². The average Bonchev–Trinajstić information content (AvgIpc) is 2.77. The van der Waals surface area contributed by atoms with E-state index in [0.717, 1.165) is 33.0 Å². The number of aromatic hydroxyl groups is 1. The van der Waals surface area contributed by atoms with Crippen LogP contribution in [0.3, 0.4) is 0 Å². The highest BCUT2D eigenvalue weighted by atomic mass is 28.3. The summed E-state index contributed by atoms with van der Waals surface area (Å²) in [6.45, 7) is 6.81. The molecule has 0 aliphatic heterocycles. The van der Waals surface area contributed by atoms with Gasteiger partial charge in [-0.25, -0.2) is 0 Å². The second-order valence-corrected chi connectivity index (χ2v) is 12.2. The van der Waals surface area contributed by atoms with Gasteiger partial charge in [-0.15, -0.1) is 0 Å². The maximum atomic E-state index is 13.0. The van der Waals surface area contributed by atoms with Gasteiger partial charge in [0.25, 0.3) is 0 Å². The number of ketones is 1. The van der Waals surface area contributed by atoms with Gasteiger partial charge in [0, 0.05) is 11.1 Å². The lowest BCUT2D eigenvalue weighted by atomic mass is 10.00. The molecule has 3 heteroatoms. The van der Waals surface area contributed by atoms with Gasteiger partial charge >= 0.3 is 0 Å². The number of benzene rings is 3. The summed E-state index contributed by atoms with van der Waals surface area (Å²) in [6.07, 6.45) is 0. The van der Waals surface area contributed by atoms with Crippen LogP contribution in [0.15, 0.2) is 48.5 Å². The number of fused-ring (bicyclic) bond motifs is 4. The number of carbonyl (C=O) groups excluding carboxylic acids is 1. The van der Waals surface area contributed by atoms with Crippen LogP contribution in [0.5, 0.6) is 5.75 Å². The Kier molecular flexibility index (Phi) is 2.81. The van der Waals surface area contributed by atoms with Crippen LogP contribution in [0.1, 0.15) is 15.9 Å². The minimum absolute atomic E-state index is 0.142. The lowest BCUT2D eigenvalue weighted by molar-refractivity contribution is 0.104. The van der Waals surface area contributed by atoms with E-state index < -0.39 is 8.07 Å². The number of hydrogen-bond donors (Lipinski definition) is 1. The molecule has 0 atom stereocenters. The third-order valence-corrected chi connectivity index (χ3v) is 6.58. The van der Waals surface area contributed by atoms with Crippen LogP contribution in [0.4, 0.5) is 0 Å². The summed E-state index contributed by atoms with van der Waals surface area (Å²) >= 11 is 0. The summed E-state index contributed by atoms with van der Waals surface area (Å²) in [5, 5.41) is 13.2. The molecule has 4 rings (SSSR count). The van der Waals surface area contributed by atoms with Crippen LogP contribution in [0.25, 0.3) is 21.9 Å². The number of rotatable bonds is 1. The van der Waals surface area contributed by atoms with E-state index in [4.69, 9.17) is 0 Å². The zero-order valence-corrected chi connectivity index (χ0v) is 14.5. The highest BCUT2D eigenvalue weighted by molar-refractivity contribution is 6.91. The van der Waals surface area contributed by atoms with Gasteiger partial charge < -0.3 is 5.11 Å². The SMILES string of the molecule is C[Si](C)(C)c1c2c(cc3cc(O)ccc13)-c1ccccc1C2=O. The summed E-state index contributed by atoms with van der Waals surface area (Å²) in [5.74, 6) is 0.402. The van der Waals surface area contributed by atoms with E-state index in [1.165, 1.54) is 5.19 Å². The predicted octanol–water partition coefficient (Wildman–Crippen LogP) is 4.30. The molecule has 0 fully saturated rings. The topological polar surface area (TPSA) is 37.3 Å². The van der Waals surface area contributed by atoms with Crippen molar-refractivity contribution in [3.63, 3.8) is 0 Å². The van der Waals surface area contributed by atoms with Gasteiger partial charge in [0.05, 0.1) is 8.07 Å². The van der Waals surface area contributed by atoms with Crippen molar-refractivity contribution in [3.05, 3.63) is 59.7 Å². The van der Waals surface area contributed by atoms with Crippen molar-refractivity contribution in [2.75, 3.05) is 0 Å². The quantitative estimate of drug-likeness (QED) is 0.531. The second-order valence-electron chi connectivity index (χ2n) is 7.20. The molecular formula is C20H18O2Si. The fourth-order valence-corrected chi connectivity index (χ4v) is 5.71. The minimum atomic E-state index is -1.76. The number of phenolic OH excluding ortho intramolecular Hbond substituents is 1. The molecule has 0 heterocycles. The summed E-state index contributed by atoms with van der Waals surface area (Å²) in [6, 6.07) is 15.3. The lowest BCUT2D eigenvalue weighted by Gasteiger charge is -2.23. The van der Waals surface area contributed by atoms with Crippen molar-refractivity contribution in [1.82, 2.24) is 0 Å². The van der Waals surface area contributed by atoms with Crippen molar-refractivity contribution in [2.24, 2.45) is 0 Å². The molecule has 3 aromatic rings. The zero-order chi connectivity index (χ0) is 16.4. The van der Waals surface area contributed by atoms with Crippen LogP contribution in [-0.4, -0.2) is 19.0 Å². The number of hydrogen-bond acceptors (Lipinski definition) is 2. The summed E-state index contributed by atoms with van der Waals surface area (Å²) in [7, 11) is -1.76. The van der Waals surface area contributed by atoms with E-state index in [1.54, 1.807) is 12.1 Å². The summed E-state index contributed by atoms with van der Waals surface area (Å²) in [5.41, 5.74) is 3.70. The van der Waals surface area contributed by atoms with Crippen LogP contribution >= 0.6 is 0 Å². The number of carbonyl (C=O) groups is 1. The highest BCUT2D eigenvalue weighted by Crippen LogP contribution is 2.39. The Bertz CT molecular complexity index is 981. The molecule has 1 N–H and O–H groups in total. The fourth-order valence-electron chi connectivity index (χ4n) is 3.67. The number of phenols is 1. The van der Waals surface area contributed by atoms with Crippen LogP contribution < -0.4 is 5.19 Å². The Morgan fingerprint density at radius 3 is 2.26 bits per heavy atom. The molecule has 0 bridgehead atoms. The molecule has 23 heavy (non-hydrogen) atoms. The molecule has 2 nitrogen and oxygen atoms in total. The normalized spacial score (nSPS) is 13.3. The fraction of sp³-hybridized carbons (Fsp3) is 0.150. The largest absolute Gasteiger partial charge is 0.508 e. The van der Waals surface area contributed by atoms with E-state index in [1.807, 2.05) is 30.3 Å². The van der Waals surface area contributed by atoms with Gasteiger partial charge in [-0.05, 0) is 45.3 Å². The molecule has 0 saturated carbocycles. The van der Waals surface area contributed by atoms with Gasteiger partial charge in [0.2, 0.25) is 0 Å². The second kappa shape index (κ2) is 4.55. The minimum Gasteiger partial charge on any atom is -0.508 e. The average molecular weight is 318 g/mol. The van der Waals surface area contributed by atoms with E-state index in [0.29, 0.717) is 0 Å². The van der Waals surface area contributed by atoms with Gasteiger partial charge in [0.15, 0.2) is 5.78 Å². The Morgan fingerprint density at radius 2 is 1.57 bits per heavy atom. The molecule has 1 aliphatic rings. The zero-order valence-electron chi connectivity index (χ0n) is 13.5. The third kappa shape index (κ3) is 1.97. The summed E-state index contributed by atoms with van der Waals surface area (Å²) < 4.78 is 0. The molecule has 0 saturated heterocycles. The Balaban J connectivity index is 2.21. The highest BCUT2D eigenvalue weighted by Gasteiger charge is 2.34. The molecule has 0 radical (unpaired) electrons. The van der Waals surface area contributed by atoms with Crippen molar-refractivity contribution in [2.45, 2.75) is 19.6 Å². The van der Waals surface area contributed by atoms with Crippen LogP contribution in [0.2, 0.25) is 19.6 Å². The van der Waals surface area contributed by atoms with Gasteiger partial charge in [0.1, 0.15) is 5.75 Å². The Hall–Kier alpha value is -2.39. The monoisotopic (exact) mass is 318 g/mol. The molecule has 0 unspecified atom stereocenters. The molecule has 0 spiro atoms. The summed E-state index contributed by atoms with van der Waals surface area (Å²) in [4.78, 5) is 13.0. The Labute approximate surface area is 136 Å². The predicted molar refractivity (Wildman–Crippen MR) is 97.5 cm³/mol. The van der Waals surface area contributed by atoms with Crippen molar-refractivity contribution in [3.8, 4) is 16.9 Å². The molecular weight excluding hydrogens is 300 g/mol. The van der Waals surface area contributed by atoms with E-state index in [-0.39, 0.29) is 11.5 Å². The van der Waals surface area contributed by atoms with Gasteiger partial charge in [-0.2, -0.15) is 0 Å². The first-order valence-corrected chi connectivity index (χ1v) is 11.3. The van der Waals surface area contributed by atoms with Crippen molar-refractivity contribution >= 4 is 29.8 Å². The molecule has 114 valence electrons. The van der Waals surface area contributed by atoms with Gasteiger partial charge in [-0.1, -0.05) is 50.0 Å². The van der Waals surface area contributed by atoms with E-state index in [2.05, 4.69) is 25.7 Å². The molecule has 3 aromatic carbocycles. The lowest BCUT2D eigenvalue weighted by Crippen LogP contribution is -2.41. The van der Waals surface area contributed by atoms with Crippen LogP contribution in [-0.2, 0) is 0 Å². The molecule has 0 amide bonds. The first-order valence-electron chi connectivity index (χ1n) is 7.82. The van der Waals surface area contributed by atoms with Crippen molar-refractivity contribution < 1.29 is 9.90 Å².